The van der Waals surface area contributed by atoms with E-state index in [4.69, 9.17) is 0 Å². The molecule has 168 valence electrons. The Hall–Kier alpha value is -3.67. The lowest BCUT2D eigenvalue weighted by molar-refractivity contribution is -0.121. The zero-order valence-electron chi connectivity index (χ0n) is 18.7. The summed E-state index contributed by atoms with van der Waals surface area (Å²) in [6.07, 6.45) is 1.89. The first-order valence-corrected chi connectivity index (χ1v) is 11.5. The van der Waals surface area contributed by atoms with Gasteiger partial charge in [-0.25, -0.2) is 0 Å². The predicted octanol–water partition coefficient (Wildman–Crippen LogP) is 3.89. The molecule has 5 rings (SSSR count). The number of carbonyl (C=O) groups is 3. The molecule has 0 bridgehead atoms. The van der Waals surface area contributed by atoms with Gasteiger partial charge in [-0.1, -0.05) is 54.6 Å². The van der Waals surface area contributed by atoms with Crippen LogP contribution in [0.2, 0.25) is 0 Å². The summed E-state index contributed by atoms with van der Waals surface area (Å²) < 4.78 is 0. The number of rotatable bonds is 6. The molecule has 0 spiro atoms. The van der Waals surface area contributed by atoms with Crippen LogP contribution in [0.4, 0.5) is 5.69 Å². The van der Waals surface area contributed by atoms with Gasteiger partial charge >= 0.3 is 0 Å². The van der Waals surface area contributed by atoms with Crippen molar-refractivity contribution < 1.29 is 14.4 Å². The zero-order valence-corrected chi connectivity index (χ0v) is 18.7. The van der Waals surface area contributed by atoms with Crippen molar-refractivity contribution in [3.05, 3.63) is 77.9 Å². The van der Waals surface area contributed by atoms with Crippen LogP contribution in [-0.2, 0) is 16.0 Å². The minimum absolute atomic E-state index is 0.0157. The maximum atomic E-state index is 13.3. The van der Waals surface area contributed by atoms with Crippen LogP contribution in [0.25, 0.3) is 10.8 Å². The number of amides is 3. The minimum atomic E-state index is -0.730. The highest BCUT2D eigenvalue weighted by molar-refractivity contribution is 6.10. The fraction of sp³-hybridized carbons (Fsp3) is 0.296. The van der Waals surface area contributed by atoms with Gasteiger partial charge in [0.15, 0.2) is 0 Å². The Bertz CT molecular complexity index is 1250. The summed E-state index contributed by atoms with van der Waals surface area (Å²) >= 11 is 0. The van der Waals surface area contributed by atoms with Gasteiger partial charge in [0, 0.05) is 25.9 Å². The number of nitrogens with zero attached hydrogens (tertiary/aromatic N) is 2. The highest BCUT2D eigenvalue weighted by Crippen LogP contribution is 2.43. The Morgan fingerprint density at radius 3 is 2.64 bits per heavy atom. The first kappa shape index (κ1) is 21.2. The van der Waals surface area contributed by atoms with E-state index in [1.807, 2.05) is 37.3 Å². The average Bonchev–Trinajstić information content (AvgIpc) is 3.14. The lowest BCUT2D eigenvalue weighted by Gasteiger charge is -2.48. The van der Waals surface area contributed by atoms with Crippen LogP contribution in [0.15, 0.2) is 66.7 Å². The molecule has 1 saturated heterocycles. The monoisotopic (exact) mass is 441 g/mol. The van der Waals surface area contributed by atoms with E-state index in [9.17, 15) is 14.4 Å². The molecule has 0 saturated carbocycles. The number of hydrogen-bond donors (Lipinski definition) is 1. The molecular weight excluding hydrogens is 414 g/mol. The molecule has 1 fully saturated rings. The average molecular weight is 442 g/mol. The zero-order chi connectivity index (χ0) is 23.0. The Labute approximate surface area is 193 Å². The molecule has 0 aliphatic carbocycles. The van der Waals surface area contributed by atoms with Gasteiger partial charge in [-0.3, -0.25) is 19.3 Å². The molecule has 1 atom stereocenters. The lowest BCUT2D eigenvalue weighted by Crippen LogP contribution is -2.62. The van der Waals surface area contributed by atoms with E-state index in [1.54, 1.807) is 21.9 Å². The number of benzene rings is 3. The summed E-state index contributed by atoms with van der Waals surface area (Å²) in [6, 6.07) is 21.7. The highest BCUT2D eigenvalue weighted by atomic mass is 16.2. The van der Waals surface area contributed by atoms with Crippen LogP contribution in [0, 0.1) is 0 Å². The molecule has 2 aliphatic heterocycles. The molecular formula is C27H27N3O3. The van der Waals surface area contributed by atoms with Crippen LogP contribution in [0.5, 0.6) is 0 Å². The lowest BCUT2D eigenvalue weighted by atomic mass is 9.98. The third-order valence-electron chi connectivity index (χ3n) is 6.90. The number of fused-ring (bicyclic) bond motifs is 4. The van der Waals surface area contributed by atoms with Crippen molar-refractivity contribution in [2.75, 3.05) is 18.0 Å². The van der Waals surface area contributed by atoms with E-state index in [-0.39, 0.29) is 30.7 Å². The van der Waals surface area contributed by atoms with E-state index in [1.165, 1.54) is 16.3 Å². The largest absolute Gasteiger partial charge is 0.356 e. The van der Waals surface area contributed by atoms with Gasteiger partial charge in [-0.2, -0.15) is 0 Å². The molecule has 3 aromatic carbocycles. The molecule has 33 heavy (non-hydrogen) atoms. The first-order chi connectivity index (χ1) is 16.0. The standard InChI is InChI=1S/C27H27N3O3/c1-27-16-13-25(32)30(27)23-12-5-4-11-22(23)26(33)29(27)18-15-24(31)28-17-14-20-9-6-8-19-7-2-3-10-21(19)20/h2-12H,13-18H2,1H3,(H,28,31). The van der Waals surface area contributed by atoms with Crippen LogP contribution < -0.4 is 10.2 Å². The van der Waals surface area contributed by atoms with Crippen molar-refractivity contribution in [1.29, 1.82) is 0 Å². The van der Waals surface area contributed by atoms with Crippen molar-refractivity contribution in [2.45, 2.75) is 38.3 Å². The Morgan fingerprint density at radius 1 is 1.00 bits per heavy atom. The normalized spacial score (nSPS) is 19.5. The van der Waals surface area contributed by atoms with Crippen LogP contribution >= 0.6 is 0 Å². The first-order valence-electron chi connectivity index (χ1n) is 11.5. The minimum Gasteiger partial charge on any atom is -0.356 e. The topological polar surface area (TPSA) is 69.7 Å². The molecule has 0 radical (unpaired) electrons. The smallest absolute Gasteiger partial charge is 0.257 e. The van der Waals surface area contributed by atoms with Crippen molar-refractivity contribution in [3.63, 3.8) is 0 Å². The quantitative estimate of drug-likeness (QED) is 0.631. The number of nitrogens with one attached hydrogen (secondary N) is 1. The second-order valence-corrected chi connectivity index (χ2v) is 8.91. The van der Waals surface area contributed by atoms with E-state index < -0.39 is 5.66 Å². The summed E-state index contributed by atoms with van der Waals surface area (Å²) in [5, 5.41) is 5.38. The molecule has 2 heterocycles. The molecule has 1 N–H and O–H groups in total. The van der Waals surface area contributed by atoms with E-state index in [2.05, 4.69) is 29.6 Å². The van der Waals surface area contributed by atoms with Crippen molar-refractivity contribution in [1.82, 2.24) is 10.2 Å². The molecule has 6 nitrogen and oxygen atoms in total. The number of para-hydroxylation sites is 1. The molecule has 3 aromatic rings. The van der Waals surface area contributed by atoms with E-state index in [0.717, 1.165) is 6.42 Å². The summed E-state index contributed by atoms with van der Waals surface area (Å²) in [7, 11) is 0. The Kier molecular flexibility index (Phi) is 5.36. The third-order valence-corrected chi connectivity index (χ3v) is 6.90. The van der Waals surface area contributed by atoms with Crippen LogP contribution in [-0.4, -0.2) is 41.4 Å². The third kappa shape index (κ3) is 3.65. The van der Waals surface area contributed by atoms with Crippen molar-refractivity contribution >= 4 is 34.2 Å². The van der Waals surface area contributed by atoms with Crippen molar-refractivity contribution in [2.24, 2.45) is 0 Å². The molecule has 0 aromatic heterocycles. The molecule has 1 unspecified atom stereocenters. The fourth-order valence-electron chi connectivity index (χ4n) is 5.19. The number of hydrogen-bond acceptors (Lipinski definition) is 3. The van der Waals surface area contributed by atoms with Gasteiger partial charge in [0.25, 0.3) is 5.91 Å². The van der Waals surface area contributed by atoms with Gasteiger partial charge in [-0.05, 0) is 48.2 Å². The fourth-order valence-corrected chi connectivity index (χ4v) is 5.19. The highest BCUT2D eigenvalue weighted by Gasteiger charge is 2.52. The van der Waals surface area contributed by atoms with Crippen LogP contribution in [0.3, 0.4) is 0 Å². The maximum Gasteiger partial charge on any atom is 0.257 e. The number of anilines is 1. The maximum absolute atomic E-state index is 13.3. The van der Waals surface area contributed by atoms with Gasteiger partial charge in [-0.15, -0.1) is 0 Å². The predicted molar refractivity (Wildman–Crippen MR) is 128 cm³/mol. The SMILES string of the molecule is CC12CCC(=O)N1c1ccccc1C(=O)N2CCC(=O)NCCc1cccc2ccccc12. The van der Waals surface area contributed by atoms with E-state index >= 15 is 0 Å². The number of carbonyl (C=O) groups excluding carboxylic acids is 3. The Morgan fingerprint density at radius 2 is 1.76 bits per heavy atom. The van der Waals surface area contributed by atoms with Gasteiger partial charge in [0.05, 0.1) is 11.3 Å². The summed E-state index contributed by atoms with van der Waals surface area (Å²) in [4.78, 5) is 42.0. The molecule has 3 amide bonds. The van der Waals surface area contributed by atoms with Crippen LogP contribution in [0.1, 0.15) is 42.1 Å². The Balaban J connectivity index is 1.24. The summed E-state index contributed by atoms with van der Waals surface area (Å²) in [6.45, 7) is 2.73. The summed E-state index contributed by atoms with van der Waals surface area (Å²) in [5.74, 6) is -0.203. The van der Waals surface area contributed by atoms with Crippen molar-refractivity contribution in [3.8, 4) is 0 Å². The van der Waals surface area contributed by atoms with Gasteiger partial charge in [0.2, 0.25) is 11.8 Å². The van der Waals surface area contributed by atoms with E-state index in [0.29, 0.717) is 30.6 Å². The second-order valence-electron chi connectivity index (χ2n) is 8.91. The second kappa shape index (κ2) is 8.35. The molecule has 6 heteroatoms. The van der Waals surface area contributed by atoms with Gasteiger partial charge in [0.1, 0.15) is 5.66 Å². The molecule has 2 aliphatic rings. The van der Waals surface area contributed by atoms with Gasteiger partial charge < -0.3 is 10.2 Å². The summed E-state index contributed by atoms with van der Waals surface area (Å²) in [5.41, 5.74) is 1.65.